The van der Waals surface area contributed by atoms with E-state index in [2.05, 4.69) is 0 Å². The van der Waals surface area contributed by atoms with Crippen LogP contribution in [0.1, 0.15) is 6.92 Å². The van der Waals surface area contributed by atoms with E-state index in [9.17, 15) is 0 Å². The molecular formula is C6H5Cl9. The maximum Gasteiger partial charge on any atom is 0.182 e. The van der Waals surface area contributed by atoms with E-state index in [1.165, 1.54) is 6.92 Å². The van der Waals surface area contributed by atoms with Crippen LogP contribution in [-0.4, -0.2) is 23.2 Å². The van der Waals surface area contributed by atoms with E-state index in [0.29, 0.717) is 0 Å². The van der Waals surface area contributed by atoms with Crippen molar-refractivity contribution in [3.05, 3.63) is 0 Å². The van der Waals surface area contributed by atoms with Crippen LogP contribution in [-0.2, 0) is 0 Å². The summed E-state index contributed by atoms with van der Waals surface area (Å²) in [6, 6.07) is 0. The molecule has 0 aliphatic carbocycles. The van der Waals surface area contributed by atoms with Crippen molar-refractivity contribution in [1.82, 2.24) is 0 Å². The van der Waals surface area contributed by atoms with Gasteiger partial charge in [-0.25, -0.2) is 0 Å². The first-order valence-electron chi connectivity index (χ1n) is 3.40. The van der Waals surface area contributed by atoms with Crippen LogP contribution < -0.4 is 0 Å². The Hall–Kier alpha value is 2.61. The Morgan fingerprint density at radius 2 is 1.07 bits per heavy atom. The molecule has 1 atom stereocenters. The third-order valence-electron chi connectivity index (χ3n) is 1.48. The molecule has 0 aliphatic heterocycles. The van der Waals surface area contributed by atoms with Gasteiger partial charge in [0.1, 0.15) is 14.5 Å². The third kappa shape index (κ3) is 4.04. The summed E-state index contributed by atoms with van der Waals surface area (Å²) in [5.74, 6) is 0. The number of alkyl halides is 9. The van der Waals surface area contributed by atoms with Crippen LogP contribution in [0, 0.1) is 0 Å². The molecule has 0 amide bonds. The standard InChI is InChI=1S/C6H5Cl9/c1-4(10,11)2(7)5(12,13)6(14,15)3(8)9/h2-3H,1H3. The Kier molecular flexibility index (Phi) is 6.71. The molecule has 0 aromatic rings. The summed E-state index contributed by atoms with van der Waals surface area (Å²) in [7, 11) is 0. The molecule has 0 nitrogen and oxygen atoms in total. The fourth-order valence-electron chi connectivity index (χ4n) is 0.633. The van der Waals surface area contributed by atoms with Gasteiger partial charge in [0.2, 0.25) is 0 Å². The summed E-state index contributed by atoms with van der Waals surface area (Å²) >= 11 is 51.8. The number of hydrogen-bond donors (Lipinski definition) is 0. The van der Waals surface area contributed by atoms with Crippen molar-refractivity contribution in [3.8, 4) is 0 Å². The monoisotopic (exact) mass is 392 g/mol. The fraction of sp³-hybridized carbons (Fsp3) is 1.00. The first-order chi connectivity index (χ1) is 6.35. The normalized spacial score (nSPS) is 17.0. The average molecular weight is 396 g/mol. The van der Waals surface area contributed by atoms with Crippen molar-refractivity contribution < 1.29 is 0 Å². The van der Waals surface area contributed by atoms with Crippen LogP contribution in [0.4, 0.5) is 0 Å². The Morgan fingerprint density at radius 1 is 0.733 bits per heavy atom. The quantitative estimate of drug-likeness (QED) is 0.516. The van der Waals surface area contributed by atoms with Crippen LogP contribution >= 0.6 is 104 Å². The highest BCUT2D eigenvalue weighted by Gasteiger charge is 2.59. The Balaban J connectivity index is 5.14. The van der Waals surface area contributed by atoms with Crippen LogP contribution in [0.15, 0.2) is 0 Å². The fourth-order valence-corrected chi connectivity index (χ4v) is 2.91. The molecule has 0 aromatic carbocycles. The van der Waals surface area contributed by atoms with E-state index in [1.807, 2.05) is 0 Å². The number of hydrogen-bond acceptors (Lipinski definition) is 0. The molecule has 1 unspecified atom stereocenters. The van der Waals surface area contributed by atoms with Gasteiger partial charge < -0.3 is 0 Å². The summed E-state index contributed by atoms with van der Waals surface area (Å²) in [6.07, 6.45) is 0. The highest BCUT2D eigenvalue weighted by molar-refractivity contribution is 6.70. The lowest BCUT2D eigenvalue weighted by molar-refractivity contribution is 0.605. The Morgan fingerprint density at radius 3 is 1.27 bits per heavy atom. The topological polar surface area (TPSA) is 0 Å². The maximum absolute atomic E-state index is 5.89. The minimum absolute atomic E-state index is 1.19. The summed E-state index contributed by atoms with van der Waals surface area (Å²) in [6.45, 7) is 1.38. The van der Waals surface area contributed by atoms with E-state index >= 15 is 0 Å². The molecule has 15 heavy (non-hydrogen) atoms. The van der Waals surface area contributed by atoms with E-state index in [0.717, 1.165) is 0 Å². The maximum atomic E-state index is 5.89. The van der Waals surface area contributed by atoms with E-state index < -0.39 is 23.2 Å². The predicted molar refractivity (Wildman–Crippen MR) is 74.1 cm³/mol. The van der Waals surface area contributed by atoms with Gasteiger partial charge in [0.05, 0.1) is 0 Å². The molecule has 0 spiro atoms. The second-order valence-corrected chi connectivity index (χ2v) is 8.93. The van der Waals surface area contributed by atoms with Gasteiger partial charge in [-0.1, -0.05) is 46.4 Å². The average Bonchev–Trinajstić information content (AvgIpc) is 2.00. The molecule has 0 N–H and O–H groups in total. The molecule has 0 aliphatic rings. The Bertz CT molecular complexity index is 215. The van der Waals surface area contributed by atoms with Gasteiger partial charge in [0, 0.05) is 0 Å². The van der Waals surface area contributed by atoms with Crippen molar-refractivity contribution in [2.75, 3.05) is 0 Å². The number of halogens is 9. The molecule has 0 bridgehead atoms. The van der Waals surface area contributed by atoms with Gasteiger partial charge in [-0.15, -0.1) is 58.0 Å². The van der Waals surface area contributed by atoms with Gasteiger partial charge in [-0.2, -0.15) is 0 Å². The molecular weight excluding hydrogens is 391 g/mol. The van der Waals surface area contributed by atoms with E-state index in [1.54, 1.807) is 0 Å². The van der Waals surface area contributed by atoms with Crippen LogP contribution in [0.2, 0.25) is 0 Å². The highest BCUT2D eigenvalue weighted by Crippen LogP contribution is 2.55. The van der Waals surface area contributed by atoms with Crippen molar-refractivity contribution in [2.45, 2.75) is 30.1 Å². The lowest BCUT2D eigenvalue weighted by Crippen LogP contribution is -2.52. The molecule has 0 saturated heterocycles. The second kappa shape index (κ2) is 5.72. The van der Waals surface area contributed by atoms with Crippen molar-refractivity contribution >= 4 is 104 Å². The summed E-state index contributed by atoms with van der Waals surface area (Å²) < 4.78 is -5.30. The molecule has 0 fully saturated rings. The first kappa shape index (κ1) is 17.6. The number of rotatable bonds is 4. The van der Waals surface area contributed by atoms with Crippen molar-refractivity contribution in [1.29, 1.82) is 0 Å². The van der Waals surface area contributed by atoms with Gasteiger partial charge >= 0.3 is 0 Å². The van der Waals surface area contributed by atoms with Gasteiger partial charge in [0.25, 0.3) is 0 Å². The SMILES string of the molecule is CC(Cl)(Cl)C(Cl)C(Cl)(Cl)C(Cl)(Cl)C(Cl)Cl. The third-order valence-corrected chi connectivity index (χ3v) is 6.68. The zero-order valence-corrected chi connectivity index (χ0v) is 13.9. The lowest BCUT2D eigenvalue weighted by atomic mass is 10.1. The van der Waals surface area contributed by atoms with Gasteiger partial charge in [-0.3, -0.25) is 0 Å². The Labute approximate surface area is 133 Å². The van der Waals surface area contributed by atoms with Crippen LogP contribution in [0.25, 0.3) is 0 Å². The van der Waals surface area contributed by atoms with Crippen molar-refractivity contribution in [3.63, 3.8) is 0 Å². The van der Waals surface area contributed by atoms with Gasteiger partial charge in [0.15, 0.2) is 8.67 Å². The minimum Gasteiger partial charge on any atom is -0.116 e. The lowest BCUT2D eigenvalue weighted by Gasteiger charge is -2.40. The summed E-state index contributed by atoms with van der Waals surface area (Å²) in [5.41, 5.74) is 0. The molecule has 0 heterocycles. The molecule has 92 valence electrons. The smallest absolute Gasteiger partial charge is 0.116 e. The minimum atomic E-state index is -1.93. The van der Waals surface area contributed by atoms with E-state index in [4.69, 9.17) is 104 Å². The summed E-state index contributed by atoms with van der Waals surface area (Å²) in [5, 5.41) is -1.19. The molecule has 0 aromatic heterocycles. The largest absolute Gasteiger partial charge is 0.182 e. The van der Waals surface area contributed by atoms with Crippen LogP contribution in [0.5, 0.6) is 0 Å². The molecule has 0 radical (unpaired) electrons. The zero-order valence-electron chi connectivity index (χ0n) is 7.06. The zero-order chi connectivity index (χ0) is 12.7. The molecule has 9 heteroatoms. The molecule has 0 saturated carbocycles. The molecule has 0 rings (SSSR count). The highest BCUT2D eigenvalue weighted by atomic mass is 35.6. The summed E-state index contributed by atoms with van der Waals surface area (Å²) in [4.78, 5) is -1.27. The second-order valence-electron chi connectivity index (χ2n) is 2.87. The first-order valence-corrected chi connectivity index (χ1v) is 6.98. The van der Waals surface area contributed by atoms with Gasteiger partial charge in [-0.05, 0) is 6.92 Å². The predicted octanol–water partition coefficient (Wildman–Crippen LogP) is 5.94. The van der Waals surface area contributed by atoms with Crippen LogP contribution in [0.3, 0.4) is 0 Å². The van der Waals surface area contributed by atoms with E-state index in [-0.39, 0.29) is 0 Å². The van der Waals surface area contributed by atoms with Crippen molar-refractivity contribution in [2.24, 2.45) is 0 Å².